The highest BCUT2D eigenvalue weighted by Gasteiger charge is 2.17. The Balaban J connectivity index is 1.93. The van der Waals surface area contributed by atoms with Crippen molar-refractivity contribution in [2.24, 2.45) is 0 Å². The molecule has 2 aromatic rings. The fourth-order valence-corrected chi connectivity index (χ4v) is 2.94. The number of hydrogen-bond acceptors (Lipinski definition) is 3. The Morgan fingerprint density at radius 2 is 2.05 bits per heavy atom. The van der Waals surface area contributed by atoms with Gasteiger partial charge in [0.1, 0.15) is 12.1 Å². The maximum Gasteiger partial charge on any atom is 0.138 e. The smallest absolute Gasteiger partial charge is 0.138 e. The van der Waals surface area contributed by atoms with Crippen LogP contribution in [0.5, 0.6) is 0 Å². The molecule has 0 fully saturated rings. The van der Waals surface area contributed by atoms with E-state index in [1.165, 1.54) is 29.8 Å². The predicted octanol–water partition coefficient (Wildman–Crippen LogP) is 2.95. The van der Waals surface area contributed by atoms with Gasteiger partial charge < -0.3 is 5.32 Å². The molecule has 21 heavy (non-hydrogen) atoms. The second-order valence-corrected chi connectivity index (χ2v) is 6.23. The Morgan fingerprint density at radius 3 is 2.86 bits per heavy atom. The Morgan fingerprint density at radius 1 is 1.24 bits per heavy atom. The number of aromatic nitrogens is 3. The van der Waals surface area contributed by atoms with Crippen molar-refractivity contribution in [2.75, 3.05) is 0 Å². The summed E-state index contributed by atoms with van der Waals surface area (Å²) < 4.78 is 2.18. The standard InChI is InChI=1S/C17H24N4/c1-12(2)18-10-14-8-13(3)20-17(9-14)21-11-19-15-6-4-5-7-16(15)21/h8-9,11-12,18H,4-7,10H2,1-3H3. The van der Waals surface area contributed by atoms with Crippen LogP contribution in [0.2, 0.25) is 0 Å². The van der Waals surface area contributed by atoms with Gasteiger partial charge in [-0.05, 0) is 50.3 Å². The molecule has 0 atom stereocenters. The Kier molecular flexibility index (Phi) is 4.06. The number of aryl methyl sites for hydroxylation is 2. The average Bonchev–Trinajstić information content (AvgIpc) is 2.88. The van der Waals surface area contributed by atoms with E-state index in [9.17, 15) is 0 Å². The van der Waals surface area contributed by atoms with Crippen LogP contribution in [0.3, 0.4) is 0 Å². The minimum absolute atomic E-state index is 0.489. The summed E-state index contributed by atoms with van der Waals surface area (Å²) in [6.45, 7) is 7.28. The third-order valence-corrected chi connectivity index (χ3v) is 3.99. The van der Waals surface area contributed by atoms with Crippen LogP contribution < -0.4 is 5.32 Å². The lowest BCUT2D eigenvalue weighted by Crippen LogP contribution is -2.22. The van der Waals surface area contributed by atoms with Gasteiger partial charge >= 0.3 is 0 Å². The van der Waals surface area contributed by atoms with Crippen LogP contribution >= 0.6 is 0 Å². The molecule has 0 saturated heterocycles. The van der Waals surface area contributed by atoms with Crippen LogP contribution in [0.25, 0.3) is 5.82 Å². The van der Waals surface area contributed by atoms with E-state index in [0.717, 1.165) is 30.9 Å². The van der Waals surface area contributed by atoms with Gasteiger partial charge in [-0.3, -0.25) is 4.57 Å². The molecule has 2 heterocycles. The summed E-state index contributed by atoms with van der Waals surface area (Å²) in [4.78, 5) is 9.28. The summed E-state index contributed by atoms with van der Waals surface area (Å²) in [6, 6.07) is 4.82. The highest BCUT2D eigenvalue weighted by molar-refractivity contribution is 5.34. The quantitative estimate of drug-likeness (QED) is 0.938. The zero-order chi connectivity index (χ0) is 14.8. The largest absolute Gasteiger partial charge is 0.310 e. The van der Waals surface area contributed by atoms with Crippen molar-refractivity contribution in [3.05, 3.63) is 41.1 Å². The number of hydrogen-bond donors (Lipinski definition) is 1. The predicted molar refractivity (Wildman–Crippen MR) is 84.7 cm³/mol. The van der Waals surface area contributed by atoms with Crippen LogP contribution in [-0.2, 0) is 19.4 Å². The molecule has 1 N–H and O–H groups in total. The van der Waals surface area contributed by atoms with Gasteiger partial charge in [-0.15, -0.1) is 0 Å². The molecule has 4 nitrogen and oxygen atoms in total. The van der Waals surface area contributed by atoms with Crippen molar-refractivity contribution < 1.29 is 0 Å². The summed E-state index contributed by atoms with van der Waals surface area (Å²) >= 11 is 0. The van der Waals surface area contributed by atoms with E-state index >= 15 is 0 Å². The van der Waals surface area contributed by atoms with Gasteiger partial charge in [-0.2, -0.15) is 0 Å². The van der Waals surface area contributed by atoms with Crippen molar-refractivity contribution in [2.45, 2.75) is 59.0 Å². The molecule has 2 aromatic heterocycles. The van der Waals surface area contributed by atoms with Crippen LogP contribution in [0.1, 0.15) is 49.3 Å². The Bertz CT molecular complexity index is 628. The lowest BCUT2D eigenvalue weighted by molar-refractivity contribution is 0.588. The fraction of sp³-hybridized carbons (Fsp3) is 0.529. The van der Waals surface area contributed by atoms with Gasteiger partial charge in [0.05, 0.1) is 5.69 Å². The zero-order valence-corrected chi connectivity index (χ0v) is 13.2. The molecule has 4 heteroatoms. The molecule has 0 bridgehead atoms. The minimum Gasteiger partial charge on any atom is -0.310 e. The van der Waals surface area contributed by atoms with E-state index < -0.39 is 0 Å². The second kappa shape index (κ2) is 5.98. The number of imidazole rings is 1. The van der Waals surface area contributed by atoms with E-state index in [2.05, 4.69) is 47.8 Å². The molecule has 0 aliphatic heterocycles. The monoisotopic (exact) mass is 284 g/mol. The summed E-state index contributed by atoms with van der Waals surface area (Å²) in [7, 11) is 0. The molecular weight excluding hydrogens is 260 g/mol. The van der Waals surface area contributed by atoms with E-state index in [1.54, 1.807) is 0 Å². The molecule has 0 aromatic carbocycles. The molecule has 0 unspecified atom stereocenters. The Labute approximate surface area is 126 Å². The van der Waals surface area contributed by atoms with Crippen molar-refractivity contribution in [3.8, 4) is 5.82 Å². The third kappa shape index (κ3) is 3.16. The van der Waals surface area contributed by atoms with E-state index in [4.69, 9.17) is 4.98 Å². The van der Waals surface area contributed by atoms with Gasteiger partial charge in [0.15, 0.2) is 0 Å². The molecule has 1 aliphatic rings. The first-order valence-electron chi connectivity index (χ1n) is 7.90. The molecular formula is C17H24N4. The third-order valence-electron chi connectivity index (χ3n) is 3.99. The van der Waals surface area contributed by atoms with Crippen molar-refractivity contribution in [1.82, 2.24) is 19.9 Å². The second-order valence-electron chi connectivity index (χ2n) is 6.23. The minimum atomic E-state index is 0.489. The summed E-state index contributed by atoms with van der Waals surface area (Å²) in [6.07, 6.45) is 6.68. The van der Waals surface area contributed by atoms with Gasteiger partial charge in [0.2, 0.25) is 0 Å². The van der Waals surface area contributed by atoms with Gasteiger partial charge in [0.25, 0.3) is 0 Å². The first kappa shape index (κ1) is 14.3. The van der Waals surface area contributed by atoms with Crippen LogP contribution in [0.4, 0.5) is 0 Å². The molecule has 1 aliphatic carbocycles. The molecule has 0 radical (unpaired) electrons. The molecule has 0 spiro atoms. The highest BCUT2D eigenvalue weighted by Crippen LogP contribution is 2.23. The first-order valence-corrected chi connectivity index (χ1v) is 7.90. The number of pyridine rings is 1. The molecule has 0 amide bonds. The summed E-state index contributed by atoms with van der Waals surface area (Å²) in [5.74, 6) is 1.01. The highest BCUT2D eigenvalue weighted by atomic mass is 15.1. The summed E-state index contributed by atoms with van der Waals surface area (Å²) in [5, 5.41) is 3.47. The lowest BCUT2D eigenvalue weighted by atomic mass is 10.0. The fourth-order valence-electron chi connectivity index (χ4n) is 2.94. The van der Waals surface area contributed by atoms with Gasteiger partial charge in [-0.1, -0.05) is 13.8 Å². The Hall–Kier alpha value is -1.68. The van der Waals surface area contributed by atoms with Crippen LogP contribution in [-0.4, -0.2) is 20.6 Å². The average molecular weight is 284 g/mol. The normalized spacial score (nSPS) is 14.5. The number of nitrogens with one attached hydrogen (secondary N) is 1. The SMILES string of the molecule is Cc1cc(CNC(C)C)cc(-n2cnc3c2CCCC3)n1. The number of rotatable bonds is 4. The van der Waals surface area contributed by atoms with Gasteiger partial charge in [0, 0.05) is 24.0 Å². The maximum atomic E-state index is 4.71. The van der Waals surface area contributed by atoms with Crippen molar-refractivity contribution in [1.29, 1.82) is 0 Å². The summed E-state index contributed by atoms with van der Waals surface area (Å²) in [5.41, 5.74) is 4.95. The lowest BCUT2D eigenvalue weighted by Gasteiger charge is -2.15. The van der Waals surface area contributed by atoms with Gasteiger partial charge in [-0.25, -0.2) is 9.97 Å². The van der Waals surface area contributed by atoms with E-state index in [-0.39, 0.29) is 0 Å². The maximum absolute atomic E-state index is 4.71. The van der Waals surface area contributed by atoms with Crippen LogP contribution in [0.15, 0.2) is 18.5 Å². The zero-order valence-electron chi connectivity index (χ0n) is 13.2. The molecule has 3 rings (SSSR count). The number of nitrogens with zero attached hydrogens (tertiary/aromatic N) is 3. The van der Waals surface area contributed by atoms with E-state index in [1.807, 2.05) is 6.33 Å². The topological polar surface area (TPSA) is 42.7 Å². The van der Waals surface area contributed by atoms with Crippen molar-refractivity contribution in [3.63, 3.8) is 0 Å². The first-order chi connectivity index (χ1) is 10.1. The number of fused-ring (bicyclic) bond motifs is 1. The van der Waals surface area contributed by atoms with Crippen molar-refractivity contribution >= 4 is 0 Å². The molecule has 112 valence electrons. The van der Waals surface area contributed by atoms with Crippen LogP contribution in [0, 0.1) is 6.92 Å². The molecule has 0 saturated carbocycles. The van der Waals surface area contributed by atoms with E-state index in [0.29, 0.717) is 6.04 Å².